The first-order chi connectivity index (χ1) is 16.0. The van der Waals surface area contributed by atoms with E-state index in [0.717, 1.165) is 11.3 Å². The maximum atomic E-state index is 12.8. The Hall–Kier alpha value is -4.07. The van der Waals surface area contributed by atoms with Crippen LogP contribution in [-0.4, -0.2) is 37.0 Å². The number of carbonyl (C=O) groups is 1. The van der Waals surface area contributed by atoms with Crippen molar-refractivity contribution in [1.82, 2.24) is 9.99 Å². The number of hydrogen-bond acceptors (Lipinski definition) is 6. The average molecular weight is 450 g/mol. The molecule has 0 saturated carbocycles. The molecule has 0 atom stereocenters. The molecule has 0 radical (unpaired) electrons. The van der Waals surface area contributed by atoms with Crippen LogP contribution in [0.3, 0.4) is 0 Å². The summed E-state index contributed by atoms with van der Waals surface area (Å²) >= 11 is 0. The van der Waals surface area contributed by atoms with E-state index in [9.17, 15) is 9.59 Å². The zero-order chi connectivity index (χ0) is 23.6. The Morgan fingerprint density at radius 3 is 2.45 bits per heavy atom. The highest BCUT2D eigenvalue weighted by molar-refractivity contribution is 5.94. The number of rotatable bonds is 10. The second-order valence-corrected chi connectivity index (χ2v) is 6.97. The van der Waals surface area contributed by atoms with Gasteiger partial charge in [0.15, 0.2) is 0 Å². The molecule has 0 aliphatic heterocycles. The summed E-state index contributed by atoms with van der Waals surface area (Å²) < 4.78 is 17.7. The number of hydrazone groups is 1. The lowest BCUT2D eigenvalue weighted by Crippen LogP contribution is -2.30. The Morgan fingerprint density at radius 1 is 1.03 bits per heavy atom. The van der Waals surface area contributed by atoms with Gasteiger partial charge < -0.3 is 18.8 Å². The summed E-state index contributed by atoms with van der Waals surface area (Å²) in [5.41, 5.74) is 3.59. The van der Waals surface area contributed by atoms with Gasteiger partial charge in [0.25, 0.3) is 11.5 Å². The number of pyridine rings is 1. The van der Waals surface area contributed by atoms with Crippen LogP contribution in [0.1, 0.15) is 35.3 Å². The minimum atomic E-state index is -0.593. The third-order valence-corrected chi connectivity index (χ3v) is 4.74. The van der Waals surface area contributed by atoms with Gasteiger partial charge in [-0.1, -0.05) is 12.1 Å². The topological polar surface area (TPSA) is 91.1 Å². The lowest BCUT2D eigenvalue weighted by molar-refractivity contribution is 0.0953. The van der Waals surface area contributed by atoms with Gasteiger partial charge in [-0.3, -0.25) is 9.59 Å². The zero-order valence-electron chi connectivity index (χ0n) is 18.9. The largest absolute Gasteiger partial charge is 0.497 e. The Labute approximate surface area is 192 Å². The highest BCUT2D eigenvalue weighted by Crippen LogP contribution is 2.24. The third kappa shape index (κ3) is 6.22. The smallest absolute Gasteiger partial charge is 0.276 e. The van der Waals surface area contributed by atoms with E-state index < -0.39 is 11.5 Å². The van der Waals surface area contributed by atoms with E-state index >= 15 is 0 Å². The molecule has 172 valence electrons. The highest BCUT2D eigenvalue weighted by atomic mass is 16.5. The van der Waals surface area contributed by atoms with Gasteiger partial charge in [0.1, 0.15) is 22.8 Å². The Kier molecular flexibility index (Phi) is 8.24. The Balaban J connectivity index is 1.72. The quantitative estimate of drug-likeness (QED) is 0.378. The van der Waals surface area contributed by atoms with Crippen LogP contribution < -0.4 is 25.2 Å². The number of nitrogens with zero attached hydrogens (tertiary/aromatic N) is 2. The molecular weight excluding hydrogens is 422 g/mol. The first-order valence-electron chi connectivity index (χ1n) is 10.6. The van der Waals surface area contributed by atoms with E-state index in [-0.39, 0.29) is 5.56 Å². The molecule has 1 amide bonds. The van der Waals surface area contributed by atoms with Gasteiger partial charge >= 0.3 is 0 Å². The van der Waals surface area contributed by atoms with Crippen molar-refractivity contribution in [2.75, 3.05) is 20.3 Å². The van der Waals surface area contributed by atoms with E-state index in [1.165, 1.54) is 16.8 Å². The number of ether oxygens (including phenoxy) is 3. The first-order valence-corrected chi connectivity index (χ1v) is 10.6. The van der Waals surface area contributed by atoms with Crippen molar-refractivity contribution in [2.45, 2.75) is 20.4 Å². The van der Waals surface area contributed by atoms with Crippen LogP contribution in [0.4, 0.5) is 0 Å². The van der Waals surface area contributed by atoms with Crippen molar-refractivity contribution < 1.29 is 19.0 Å². The van der Waals surface area contributed by atoms with E-state index in [0.29, 0.717) is 36.8 Å². The SMILES string of the molecule is CCOc1ccc(/C=N\NC(=O)c2cccn(Cc3ccc(OC)cc3)c2=O)c(OCC)c1. The number of carbonyl (C=O) groups excluding carboxylic acids is 1. The van der Waals surface area contributed by atoms with Gasteiger partial charge in [-0.2, -0.15) is 5.10 Å². The summed E-state index contributed by atoms with van der Waals surface area (Å²) in [6.45, 7) is 5.13. The van der Waals surface area contributed by atoms with Gasteiger partial charge in [0.05, 0.1) is 33.1 Å². The molecule has 0 spiro atoms. The van der Waals surface area contributed by atoms with E-state index in [4.69, 9.17) is 14.2 Å². The Morgan fingerprint density at radius 2 is 1.76 bits per heavy atom. The second kappa shape index (κ2) is 11.5. The number of aromatic nitrogens is 1. The van der Waals surface area contributed by atoms with Gasteiger partial charge in [0.2, 0.25) is 0 Å². The second-order valence-electron chi connectivity index (χ2n) is 6.97. The molecule has 0 fully saturated rings. The van der Waals surface area contributed by atoms with Gasteiger partial charge in [-0.05, 0) is 55.8 Å². The number of nitrogens with one attached hydrogen (secondary N) is 1. The van der Waals surface area contributed by atoms with Crippen molar-refractivity contribution in [3.63, 3.8) is 0 Å². The minimum absolute atomic E-state index is 0.000105. The molecule has 3 rings (SSSR count). The van der Waals surface area contributed by atoms with Crippen LogP contribution in [0, 0.1) is 0 Å². The first kappa shape index (κ1) is 23.6. The summed E-state index contributed by atoms with van der Waals surface area (Å²) in [5.74, 6) is 1.41. The predicted octanol–water partition coefficient (Wildman–Crippen LogP) is 3.47. The molecule has 3 aromatic rings. The van der Waals surface area contributed by atoms with Crippen molar-refractivity contribution in [3.8, 4) is 17.2 Å². The molecule has 2 aromatic carbocycles. The van der Waals surface area contributed by atoms with Crippen molar-refractivity contribution in [3.05, 3.63) is 87.8 Å². The third-order valence-electron chi connectivity index (χ3n) is 4.74. The van der Waals surface area contributed by atoms with Crippen molar-refractivity contribution in [2.24, 2.45) is 5.10 Å². The molecule has 0 bridgehead atoms. The molecule has 0 saturated heterocycles. The maximum absolute atomic E-state index is 12.8. The fraction of sp³-hybridized carbons (Fsp3) is 0.240. The molecule has 1 N–H and O–H groups in total. The zero-order valence-corrected chi connectivity index (χ0v) is 18.9. The van der Waals surface area contributed by atoms with Gasteiger partial charge in [-0.15, -0.1) is 0 Å². The van der Waals surface area contributed by atoms with E-state index in [1.54, 1.807) is 37.6 Å². The fourth-order valence-electron chi connectivity index (χ4n) is 3.14. The fourth-order valence-corrected chi connectivity index (χ4v) is 3.14. The van der Waals surface area contributed by atoms with E-state index in [1.807, 2.05) is 38.1 Å². The summed E-state index contributed by atoms with van der Waals surface area (Å²) in [5, 5.41) is 4.00. The summed E-state index contributed by atoms with van der Waals surface area (Å²) in [4.78, 5) is 25.4. The normalized spacial score (nSPS) is 10.8. The van der Waals surface area contributed by atoms with Crippen LogP contribution in [-0.2, 0) is 6.54 Å². The summed E-state index contributed by atoms with van der Waals surface area (Å²) in [6.07, 6.45) is 3.11. The predicted molar refractivity (Wildman–Crippen MR) is 127 cm³/mol. The Bertz CT molecular complexity index is 1170. The molecule has 1 heterocycles. The van der Waals surface area contributed by atoms with E-state index in [2.05, 4.69) is 10.5 Å². The maximum Gasteiger partial charge on any atom is 0.276 e. The molecular formula is C25H27N3O5. The summed E-state index contributed by atoms with van der Waals surface area (Å²) in [6, 6.07) is 15.9. The van der Waals surface area contributed by atoms with Crippen LogP contribution in [0.15, 0.2) is 70.7 Å². The van der Waals surface area contributed by atoms with Crippen molar-refractivity contribution in [1.29, 1.82) is 0 Å². The number of hydrogen-bond donors (Lipinski definition) is 1. The van der Waals surface area contributed by atoms with Gasteiger partial charge in [0, 0.05) is 17.8 Å². The summed E-state index contributed by atoms with van der Waals surface area (Å²) in [7, 11) is 1.59. The molecule has 8 nitrogen and oxygen atoms in total. The average Bonchev–Trinajstić information content (AvgIpc) is 2.82. The number of benzene rings is 2. The van der Waals surface area contributed by atoms with Gasteiger partial charge in [-0.25, -0.2) is 5.43 Å². The molecule has 1 aromatic heterocycles. The standard InChI is InChI=1S/C25H27N3O5/c1-4-32-21-13-10-19(23(15-21)33-5-2)16-26-27-24(29)22-7-6-14-28(25(22)30)17-18-8-11-20(31-3)12-9-18/h6-16H,4-5,17H2,1-3H3,(H,27,29)/b26-16-. The molecule has 0 aliphatic carbocycles. The number of amides is 1. The lowest BCUT2D eigenvalue weighted by atomic mass is 10.2. The lowest BCUT2D eigenvalue weighted by Gasteiger charge is -2.10. The molecule has 0 aliphatic rings. The van der Waals surface area contributed by atoms with Crippen LogP contribution in [0.25, 0.3) is 0 Å². The molecule has 0 unspecified atom stereocenters. The van der Waals surface area contributed by atoms with Crippen molar-refractivity contribution >= 4 is 12.1 Å². The van der Waals surface area contributed by atoms with Crippen LogP contribution in [0.5, 0.6) is 17.2 Å². The molecule has 33 heavy (non-hydrogen) atoms. The van der Waals surface area contributed by atoms with Crippen LogP contribution >= 0.6 is 0 Å². The molecule has 8 heteroatoms. The number of methoxy groups -OCH3 is 1. The highest BCUT2D eigenvalue weighted by Gasteiger charge is 2.12. The van der Waals surface area contributed by atoms with Crippen LogP contribution in [0.2, 0.25) is 0 Å². The minimum Gasteiger partial charge on any atom is -0.497 e. The monoisotopic (exact) mass is 449 g/mol.